The fourth-order valence-electron chi connectivity index (χ4n) is 2.16. The Morgan fingerprint density at radius 3 is 2.44 bits per heavy atom. The summed E-state index contributed by atoms with van der Waals surface area (Å²) in [4.78, 5) is 1.50. The molecule has 0 aromatic heterocycles. The van der Waals surface area contributed by atoms with Crippen molar-refractivity contribution < 1.29 is 13.2 Å². The van der Waals surface area contributed by atoms with E-state index in [1.165, 1.54) is 4.90 Å². The van der Waals surface area contributed by atoms with E-state index in [9.17, 15) is 13.2 Å². The fraction of sp³-hybridized carbons (Fsp3) is 1.00. The minimum absolute atomic E-state index is 0.392. The van der Waals surface area contributed by atoms with Crippen LogP contribution in [0.15, 0.2) is 0 Å². The predicted octanol–water partition coefficient (Wildman–Crippen LogP) is 2.74. The predicted molar refractivity (Wildman–Crippen MR) is 71.1 cm³/mol. The highest BCUT2D eigenvalue weighted by Gasteiger charge is 2.32. The van der Waals surface area contributed by atoms with Crippen molar-refractivity contribution in [2.75, 3.05) is 32.4 Å². The standard InChI is InChI=1S/C12H23F3N2S/c1-10(18-2)3-6-16-11-4-7-17(8-5-11)9-12(13,14)15/h10-11,16H,3-9H2,1-2H3. The van der Waals surface area contributed by atoms with Crippen molar-refractivity contribution in [3.05, 3.63) is 0 Å². The summed E-state index contributed by atoms with van der Waals surface area (Å²) in [5.74, 6) is 0. The van der Waals surface area contributed by atoms with Crippen LogP contribution in [0.1, 0.15) is 26.2 Å². The summed E-state index contributed by atoms with van der Waals surface area (Å²) in [5, 5.41) is 4.09. The molecule has 0 aromatic rings. The molecule has 0 bridgehead atoms. The molecule has 1 atom stereocenters. The maximum Gasteiger partial charge on any atom is 0.401 e. The Bertz CT molecular complexity index is 228. The zero-order chi connectivity index (χ0) is 13.6. The maximum absolute atomic E-state index is 12.2. The molecule has 2 nitrogen and oxygen atoms in total. The third-order valence-corrected chi connectivity index (χ3v) is 4.42. The van der Waals surface area contributed by atoms with Gasteiger partial charge in [0.05, 0.1) is 6.54 Å². The van der Waals surface area contributed by atoms with Gasteiger partial charge in [0.1, 0.15) is 0 Å². The molecule has 0 aromatic carbocycles. The molecular formula is C12H23F3N2S. The van der Waals surface area contributed by atoms with E-state index in [0.29, 0.717) is 24.4 Å². The smallest absolute Gasteiger partial charge is 0.314 e. The van der Waals surface area contributed by atoms with Gasteiger partial charge in [-0.1, -0.05) is 6.92 Å². The molecule has 0 amide bonds. The van der Waals surface area contributed by atoms with Crippen molar-refractivity contribution in [3.63, 3.8) is 0 Å². The number of thioether (sulfide) groups is 1. The molecule has 1 saturated heterocycles. The third-order valence-electron chi connectivity index (χ3n) is 3.38. The Morgan fingerprint density at radius 2 is 1.94 bits per heavy atom. The van der Waals surface area contributed by atoms with Crippen LogP contribution < -0.4 is 5.32 Å². The summed E-state index contributed by atoms with van der Waals surface area (Å²) in [7, 11) is 0. The van der Waals surface area contributed by atoms with E-state index in [2.05, 4.69) is 18.5 Å². The number of piperidine rings is 1. The lowest BCUT2D eigenvalue weighted by atomic mass is 10.0. The van der Waals surface area contributed by atoms with Crippen molar-refractivity contribution in [1.29, 1.82) is 0 Å². The van der Waals surface area contributed by atoms with E-state index < -0.39 is 12.7 Å². The Kier molecular flexibility index (Phi) is 6.81. The van der Waals surface area contributed by atoms with Crippen LogP contribution >= 0.6 is 11.8 Å². The quantitative estimate of drug-likeness (QED) is 0.807. The van der Waals surface area contributed by atoms with Crippen LogP contribution in [0.4, 0.5) is 13.2 Å². The zero-order valence-electron chi connectivity index (χ0n) is 11.1. The van der Waals surface area contributed by atoms with Gasteiger partial charge >= 0.3 is 6.18 Å². The number of rotatable bonds is 6. The molecule has 1 rings (SSSR count). The van der Waals surface area contributed by atoms with Gasteiger partial charge in [0.2, 0.25) is 0 Å². The van der Waals surface area contributed by atoms with Crippen LogP contribution in [0.2, 0.25) is 0 Å². The average Bonchev–Trinajstić information content (AvgIpc) is 2.29. The first-order chi connectivity index (χ1) is 8.40. The van der Waals surface area contributed by atoms with Gasteiger partial charge in [0.15, 0.2) is 0 Å². The number of nitrogens with zero attached hydrogens (tertiary/aromatic N) is 1. The van der Waals surface area contributed by atoms with E-state index in [0.717, 1.165) is 25.8 Å². The first-order valence-corrected chi connectivity index (χ1v) is 7.75. The molecule has 1 aliphatic heterocycles. The Morgan fingerprint density at radius 1 is 1.33 bits per heavy atom. The molecule has 0 saturated carbocycles. The fourth-order valence-corrected chi connectivity index (χ4v) is 2.51. The second-order valence-corrected chi connectivity index (χ2v) is 6.23. The Hall–Kier alpha value is 0.0600. The van der Waals surface area contributed by atoms with Gasteiger partial charge in [-0.05, 0) is 45.2 Å². The highest BCUT2D eigenvalue weighted by Crippen LogP contribution is 2.19. The monoisotopic (exact) mass is 284 g/mol. The lowest BCUT2D eigenvalue weighted by Gasteiger charge is -2.33. The molecule has 1 fully saturated rings. The highest BCUT2D eigenvalue weighted by molar-refractivity contribution is 7.99. The molecule has 6 heteroatoms. The molecule has 108 valence electrons. The lowest BCUT2D eigenvalue weighted by molar-refractivity contribution is -0.148. The van der Waals surface area contributed by atoms with Gasteiger partial charge in [-0.3, -0.25) is 4.90 Å². The van der Waals surface area contributed by atoms with Crippen LogP contribution in [-0.2, 0) is 0 Å². The number of halogens is 3. The van der Waals surface area contributed by atoms with Crippen LogP contribution in [0, 0.1) is 0 Å². The second kappa shape index (κ2) is 7.60. The van der Waals surface area contributed by atoms with Crippen LogP contribution in [-0.4, -0.2) is 54.8 Å². The van der Waals surface area contributed by atoms with Gasteiger partial charge in [-0.2, -0.15) is 24.9 Å². The topological polar surface area (TPSA) is 15.3 Å². The van der Waals surface area contributed by atoms with Crippen molar-refractivity contribution in [2.24, 2.45) is 0 Å². The zero-order valence-corrected chi connectivity index (χ0v) is 11.9. The van der Waals surface area contributed by atoms with Crippen molar-refractivity contribution >= 4 is 11.8 Å². The Labute approximate surface area is 112 Å². The summed E-state index contributed by atoms with van der Waals surface area (Å²) in [6, 6.07) is 0.392. The summed E-state index contributed by atoms with van der Waals surface area (Å²) < 4.78 is 36.6. The van der Waals surface area contributed by atoms with Gasteiger partial charge in [0, 0.05) is 11.3 Å². The van der Waals surface area contributed by atoms with Gasteiger partial charge in [-0.25, -0.2) is 0 Å². The normalized spacial score (nSPS) is 21.2. The Balaban J connectivity index is 2.12. The van der Waals surface area contributed by atoms with E-state index in [1.54, 1.807) is 0 Å². The summed E-state index contributed by atoms with van der Waals surface area (Å²) in [6.45, 7) is 3.50. The summed E-state index contributed by atoms with van der Waals surface area (Å²) in [5.41, 5.74) is 0. The van der Waals surface area contributed by atoms with Crippen molar-refractivity contribution in [3.8, 4) is 0 Å². The van der Waals surface area contributed by atoms with Crippen molar-refractivity contribution in [1.82, 2.24) is 10.2 Å². The van der Waals surface area contributed by atoms with E-state index >= 15 is 0 Å². The molecule has 0 radical (unpaired) electrons. The molecule has 0 spiro atoms. The number of alkyl halides is 3. The molecule has 1 aliphatic rings. The minimum Gasteiger partial charge on any atom is -0.314 e. The molecule has 18 heavy (non-hydrogen) atoms. The van der Waals surface area contributed by atoms with Crippen LogP contribution in [0.25, 0.3) is 0 Å². The highest BCUT2D eigenvalue weighted by atomic mass is 32.2. The van der Waals surface area contributed by atoms with Crippen LogP contribution in [0.3, 0.4) is 0 Å². The van der Waals surface area contributed by atoms with E-state index in [4.69, 9.17) is 0 Å². The lowest BCUT2D eigenvalue weighted by Crippen LogP contribution is -2.45. The van der Waals surface area contributed by atoms with Gasteiger partial charge in [-0.15, -0.1) is 0 Å². The van der Waals surface area contributed by atoms with Gasteiger partial charge in [0.25, 0.3) is 0 Å². The molecule has 0 aliphatic carbocycles. The average molecular weight is 284 g/mol. The first kappa shape index (κ1) is 16.1. The molecule has 1 unspecified atom stereocenters. The van der Waals surface area contributed by atoms with E-state index in [-0.39, 0.29) is 0 Å². The number of likely N-dealkylation sites (tertiary alicyclic amines) is 1. The third kappa shape index (κ3) is 6.85. The first-order valence-electron chi connectivity index (χ1n) is 6.46. The SMILES string of the molecule is CSC(C)CCNC1CCN(CC(F)(F)F)CC1. The number of hydrogen-bond donors (Lipinski definition) is 1. The molecular weight excluding hydrogens is 261 g/mol. The van der Waals surface area contributed by atoms with E-state index in [1.807, 2.05) is 11.8 Å². The molecule has 1 N–H and O–H groups in total. The second-order valence-electron chi connectivity index (χ2n) is 4.95. The van der Waals surface area contributed by atoms with Crippen molar-refractivity contribution in [2.45, 2.75) is 43.7 Å². The minimum atomic E-state index is -4.06. The molecule has 1 heterocycles. The number of hydrogen-bond acceptors (Lipinski definition) is 3. The summed E-state index contributed by atoms with van der Waals surface area (Å²) >= 11 is 1.84. The van der Waals surface area contributed by atoms with Gasteiger partial charge < -0.3 is 5.32 Å². The maximum atomic E-state index is 12.2. The summed E-state index contributed by atoms with van der Waals surface area (Å²) in [6.07, 6.45) is 0.797. The largest absolute Gasteiger partial charge is 0.401 e. The van der Waals surface area contributed by atoms with Crippen LogP contribution in [0.5, 0.6) is 0 Å². The number of nitrogens with one attached hydrogen (secondary N) is 1.